The van der Waals surface area contributed by atoms with Crippen LogP contribution in [0.5, 0.6) is 0 Å². The molecule has 1 aliphatic heterocycles. The van der Waals surface area contributed by atoms with Gasteiger partial charge in [0.15, 0.2) is 0 Å². The zero-order valence-corrected chi connectivity index (χ0v) is 17.8. The van der Waals surface area contributed by atoms with Crippen molar-refractivity contribution in [2.75, 3.05) is 34.8 Å². The Balaban J connectivity index is 1.42. The molecule has 2 amide bonds. The number of rotatable bonds is 6. The molecule has 6 heteroatoms. The zero-order chi connectivity index (χ0) is 21.8. The van der Waals surface area contributed by atoms with E-state index in [1.54, 1.807) is 36.5 Å². The third-order valence-electron chi connectivity index (χ3n) is 5.62. The van der Waals surface area contributed by atoms with E-state index in [4.69, 9.17) is 0 Å². The van der Waals surface area contributed by atoms with Gasteiger partial charge in [-0.3, -0.25) is 9.59 Å². The first-order valence-corrected chi connectivity index (χ1v) is 10.6. The number of benzene rings is 2. The fourth-order valence-corrected chi connectivity index (χ4v) is 3.86. The number of carbonyl (C=O) groups is 2. The monoisotopic (exact) mass is 414 g/mol. The molecule has 1 aliphatic rings. The summed E-state index contributed by atoms with van der Waals surface area (Å²) in [5.41, 5.74) is 3.90. The van der Waals surface area contributed by atoms with E-state index in [9.17, 15) is 9.59 Å². The second-order valence-electron chi connectivity index (χ2n) is 7.44. The molecule has 31 heavy (non-hydrogen) atoms. The van der Waals surface area contributed by atoms with Gasteiger partial charge in [0.05, 0.1) is 5.56 Å². The SMILES string of the molecule is CCN(CC)c1ccc(C(=O)Nc2ccc(C(=O)N3CCc4ccccc43)cc2)cn1. The van der Waals surface area contributed by atoms with Gasteiger partial charge in [-0.2, -0.15) is 0 Å². The van der Waals surface area contributed by atoms with Crippen molar-refractivity contribution in [3.8, 4) is 0 Å². The van der Waals surface area contributed by atoms with Gasteiger partial charge in [-0.15, -0.1) is 0 Å². The van der Waals surface area contributed by atoms with Crippen LogP contribution in [-0.4, -0.2) is 36.4 Å². The third-order valence-corrected chi connectivity index (χ3v) is 5.62. The lowest BCUT2D eigenvalue weighted by Gasteiger charge is -2.19. The second kappa shape index (κ2) is 9.00. The Kier molecular flexibility index (Phi) is 5.98. The van der Waals surface area contributed by atoms with Gasteiger partial charge < -0.3 is 15.1 Å². The molecule has 0 radical (unpaired) electrons. The summed E-state index contributed by atoms with van der Waals surface area (Å²) >= 11 is 0. The van der Waals surface area contributed by atoms with Crippen molar-refractivity contribution in [3.63, 3.8) is 0 Å². The minimum Gasteiger partial charge on any atom is -0.357 e. The van der Waals surface area contributed by atoms with Gasteiger partial charge in [-0.1, -0.05) is 18.2 Å². The molecule has 0 spiro atoms. The van der Waals surface area contributed by atoms with E-state index in [-0.39, 0.29) is 11.8 Å². The Morgan fingerprint density at radius 1 is 0.968 bits per heavy atom. The predicted molar refractivity (Wildman–Crippen MR) is 124 cm³/mol. The summed E-state index contributed by atoms with van der Waals surface area (Å²) < 4.78 is 0. The van der Waals surface area contributed by atoms with E-state index >= 15 is 0 Å². The largest absolute Gasteiger partial charge is 0.357 e. The number of hydrogen-bond donors (Lipinski definition) is 1. The molecule has 0 bridgehead atoms. The number of nitrogens with zero attached hydrogens (tertiary/aromatic N) is 3. The van der Waals surface area contributed by atoms with Gasteiger partial charge in [0.1, 0.15) is 5.82 Å². The Bertz CT molecular complexity index is 1070. The van der Waals surface area contributed by atoms with Crippen LogP contribution in [-0.2, 0) is 6.42 Å². The van der Waals surface area contributed by atoms with Crippen LogP contribution in [0.1, 0.15) is 40.1 Å². The first-order chi connectivity index (χ1) is 15.1. The molecule has 3 aromatic rings. The maximum Gasteiger partial charge on any atom is 0.258 e. The molecule has 4 rings (SSSR count). The van der Waals surface area contributed by atoms with Crippen LogP contribution in [0.2, 0.25) is 0 Å². The van der Waals surface area contributed by atoms with Crippen LogP contribution in [0.25, 0.3) is 0 Å². The van der Waals surface area contributed by atoms with Crippen molar-refractivity contribution in [2.24, 2.45) is 0 Å². The summed E-state index contributed by atoms with van der Waals surface area (Å²) in [6.45, 7) is 6.56. The first-order valence-electron chi connectivity index (χ1n) is 10.6. The third kappa shape index (κ3) is 4.28. The molecule has 0 fully saturated rings. The molecule has 0 saturated carbocycles. The smallest absolute Gasteiger partial charge is 0.258 e. The Hall–Kier alpha value is -3.67. The summed E-state index contributed by atoms with van der Waals surface area (Å²) in [5.74, 6) is 0.595. The normalized spacial score (nSPS) is 12.4. The van der Waals surface area contributed by atoms with Crippen molar-refractivity contribution in [1.29, 1.82) is 0 Å². The fraction of sp³-hybridized carbons (Fsp3) is 0.240. The molecular formula is C25H26N4O2. The fourth-order valence-electron chi connectivity index (χ4n) is 3.86. The molecule has 2 heterocycles. The number of aromatic nitrogens is 1. The molecule has 0 aliphatic carbocycles. The molecule has 2 aromatic carbocycles. The lowest BCUT2D eigenvalue weighted by Crippen LogP contribution is -2.28. The van der Waals surface area contributed by atoms with Gasteiger partial charge in [0.2, 0.25) is 0 Å². The lowest BCUT2D eigenvalue weighted by atomic mass is 10.1. The number of para-hydroxylation sites is 1. The number of fused-ring (bicyclic) bond motifs is 1. The maximum absolute atomic E-state index is 12.9. The standard InChI is InChI=1S/C25H26N4O2/c1-3-28(4-2)23-14-11-20(17-26-23)24(30)27-21-12-9-19(10-13-21)25(31)29-16-15-18-7-5-6-8-22(18)29/h5-14,17H,3-4,15-16H2,1-2H3,(H,27,30). The summed E-state index contributed by atoms with van der Waals surface area (Å²) in [5, 5.41) is 2.87. The molecule has 6 nitrogen and oxygen atoms in total. The number of nitrogens with one attached hydrogen (secondary N) is 1. The maximum atomic E-state index is 12.9. The van der Waals surface area contributed by atoms with Crippen LogP contribution >= 0.6 is 0 Å². The van der Waals surface area contributed by atoms with Crippen molar-refractivity contribution in [1.82, 2.24) is 4.98 Å². The molecule has 158 valence electrons. The van der Waals surface area contributed by atoms with Crippen LogP contribution in [0.15, 0.2) is 66.9 Å². The summed E-state index contributed by atoms with van der Waals surface area (Å²) in [4.78, 5) is 33.8. The van der Waals surface area contributed by atoms with E-state index in [1.807, 2.05) is 29.2 Å². The number of pyridine rings is 1. The summed E-state index contributed by atoms with van der Waals surface area (Å²) in [6, 6.07) is 18.6. The summed E-state index contributed by atoms with van der Waals surface area (Å²) in [7, 11) is 0. The average Bonchev–Trinajstić information content (AvgIpc) is 3.24. The minimum absolute atomic E-state index is 0.0287. The average molecular weight is 415 g/mol. The Morgan fingerprint density at radius 2 is 1.68 bits per heavy atom. The first kappa shape index (κ1) is 20.6. The van der Waals surface area contributed by atoms with Gasteiger partial charge >= 0.3 is 0 Å². The van der Waals surface area contributed by atoms with Gasteiger partial charge in [-0.05, 0) is 68.3 Å². The van der Waals surface area contributed by atoms with Crippen molar-refractivity contribution >= 4 is 29.0 Å². The van der Waals surface area contributed by atoms with Gasteiger partial charge in [0, 0.05) is 42.8 Å². The highest BCUT2D eigenvalue weighted by Gasteiger charge is 2.25. The zero-order valence-electron chi connectivity index (χ0n) is 17.8. The Morgan fingerprint density at radius 3 is 2.35 bits per heavy atom. The van der Waals surface area contributed by atoms with E-state index in [2.05, 4.69) is 35.1 Å². The van der Waals surface area contributed by atoms with Crippen molar-refractivity contribution < 1.29 is 9.59 Å². The van der Waals surface area contributed by atoms with E-state index in [1.165, 1.54) is 5.56 Å². The molecular weight excluding hydrogens is 388 g/mol. The quantitative estimate of drug-likeness (QED) is 0.650. The van der Waals surface area contributed by atoms with E-state index in [0.717, 1.165) is 31.0 Å². The molecule has 1 aromatic heterocycles. The highest BCUT2D eigenvalue weighted by Crippen LogP contribution is 2.29. The minimum atomic E-state index is -0.230. The van der Waals surface area contributed by atoms with Gasteiger partial charge in [-0.25, -0.2) is 4.98 Å². The number of hydrogen-bond acceptors (Lipinski definition) is 4. The topological polar surface area (TPSA) is 65.5 Å². The van der Waals surface area contributed by atoms with Crippen LogP contribution in [0.4, 0.5) is 17.2 Å². The van der Waals surface area contributed by atoms with Crippen molar-refractivity contribution in [2.45, 2.75) is 20.3 Å². The number of amides is 2. The van der Waals surface area contributed by atoms with Crippen LogP contribution in [0.3, 0.4) is 0 Å². The molecule has 0 atom stereocenters. The van der Waals surface area contributed by atoms with Crippen molar-refractivity contribution in [3.05, 3.63) is 83.6 Å². The van der Waals surface area contributed by atoms with Gasteiger partial charge in [0.25, 0.3) is 11.8 Å². The van der Waals surface area contributed by atoms with E-state index < -0.39 is 0 Å². The van der Waals surface area contributed by atoms with Crippen LogP contribution < -0.4 is 15.1 Å². The molecule has 0 saturated heterocycles. The second-order valence-corrected chi connectivity index (χ2v) is 7.44. The summed E-state index contributed by atoms with van der Waals surface area (Å²) in [6.07, 6.45) is 2.46. The predicted octanol–water partition coefficient (Wildman–Crippen LogP) is 4.38. The van der Waals surface area contributed by atoms with E-state index in [0.29, 0.717) is 23.4 Å². The molecule has 1 N–H and O–H groups in total. The highest BCUT2D eigenvalue weighted by atomic mass is 16.2. The number of carbonyl (C=O) groups excluding carboxylic acids is 2. The Labute approximate surface area is 182 Å². The van der Waals surface area contributed by atoms with Crippen LogP contribution in [0, 0.1) is 0 Å². The lowest BCUT2D eigenvalue weighted by molar-refractivity contribution is 0.0988. The molecule has 0 unspecified atom stereocenters. The highest BCUT2D eigenvalue weighted by molar-refractivity contribution is 6.08. The number of anilines is 3.